The number of nitrogens with one attached hydrogen (secondary N) is 1. The van der Waals surface area contributed by atoms with Crippen molar-refractivity contribution in [3.63, 3.8) is 0 Å². The fourth-order valence-electron chi connectivity index (χ4n) is 1.82. The molecule has 0 saturated heterocycles. The summed E-state index contributed by atoms with van der Waals surface area (Å²) < 4.78 is 0. The van der Waals surface area contributed by atoms with Gasteiger partial charge in [-0.2, -0.15) is 0 Å². The van der Waals surface area contributed by atoms with Crippen LogP contribution in [0.15, 0.2) is 24.3 Å². The first-order valence-electron chi connectivity index (χ1n) is 6.22. The topological polar surface area (TPSA) is 52.6 Å². The van der Waals surface area contributed by atoms with E-state index in [2.05, 4.69) is 5.32 Å². The normalized spacial score (nSPS) is 11.7. The maximum atomic E-state index is 11.8. The van der Waals surface area contributed by atoms with Crippen molar-refractivity contribution in [1.82, 2.24) is 4.90 Å². The molecule has 1 rings (SSSR count). The second-order valence-electron chi connectivity index (χ2n) is 5.36. The van der Waals surface area contributed by atoms with E-state index in [4.69, 9.17) is 11.6 Å². The Bertz CT molecular complexity index is 430. The molecule has 0 unspecified atom stereocenters. The average molecular weight is 285 g/mol. The highest BCUT2D eigenvalue weighted by Gasteiger charge is 2.16. The number of likely N-dealkylation sites (N-methyl/N-ethyl adjacent to an activating group) is 1. The van der Waals surface area contributed by atoms with Crippen LogP contribution in [0.2, 0.25) is 5.02 Å². The number of carbonyl (C=O) groups excluding carboxylic acids is 1. The maximum absolute atomic E-state index is 11.8. The quantitative estimate of drug-likeness (QED) is 0.843. The molecule has 0 aliphatic carbocycles. The molecule has 0 bridgehead atoms. The number of aliphatic hydroxyl groups is 1. The average Bonchev–Trinajstić information content (AvgIpc) is 2.24. The molecule has 0 aliphatic rings. The van der Waals surface area contributed by atoms with Gasteiger partial charge in [0.05, 0.1) is 5.60 Å². The van der Waals surface area contributed by atoms with E-state index in [9.17, 15) is 9.90 Å². The Morgan fingerprint density at radius 3 is 2.74 bits per heavy atom. The van der Waals surface area contributed by atoms with Gasteiger partial charge in [-0.25, -0.2) is 0 Å². The molecule has 19 heavy (non-hydrogen) atoms. The van der Waals surface area contributed by atoms with E-state index in [1.165, 1.54) is 0 Å². The standard InChI is InChI=1S/C14H21ClN2O2/c1-14(2,19)10-17(3)8-7-13(18)16-12-6-4-5-11(15)9-12/h4-6,9,19H,7-8,10H2,1-3H3,(H,16,18). The van der Waals surface area contributed by atoms with E-state index < -0.39 is 5.60 Å². The first-order valence-corrected chi connectivity index (χ1v) is 6.60. The molecule has 106 valence electrons. The lowest BCUT2D eigenvalue weighted by atomic mass is 10.1. The van der Waals surface area contributed by atoms with Gasteiger partial charge in [0, 0.05) is 30.2 Å². The summed E-state index contributed by atoms with van der Waals surface area (Å²) in [7, 11) is 1.88. The van der Waals surface area contributed by atoms with E-state index in [0.29, 0.717) is 30.2 Å². The van der Waals surface area contributed by atoms with E-state index in [1.54, 1.807) is 38.1 Å². The molecule has 0 aromatic heterocycles. The highest BCUT2D eigenvalue weighted by molar-refractivity contribution is 6.30. The van der Waals surface area contributed by atoms with Gasteiger partial charge in [-0.1, -0.05) is 17.7 Å². The van der Waals surface area contributed by atoms with Gasteiger partial charge in [0.25, 0.3) is 0 Å². The van der Waals surface area contributed by atoms with Crippen LogP contribution in [-0.4, -0.2) is 41.7 Å². The van der Waals surface area contributed by atoms with E-state index in [-0.39, 0.29) is 5.91 Å². The zero-order valence-corrected chi connectivity index (χ0v) is 12.4. The van der Waals surface area contributed by atoms with Gasteiger partial charge in [0.2, 0.25) is 5.91 Å². The molecule has 0 radical (unpaired) electrons. The summed E-state index contributed by atoms with van der Waals surface area (Å²) in [5.74, 6) is -0.0649. The minimum absolute atomic E-state index is 0.0649. The molecule has 1 aromatic rings. The Labute approximate surface area is 119 Å². The van der Waals surface area contributed by atoms with E-state index in [0.717, 1.165) is 0 Å². The summed E-state index contributed by atoms with van der Waals surface area (Å²) in [5.41, 5.74) is -0.0549. The van der Waals surface area contributed by atoms with Crippen LogP contribution in [0.1, 0.15) is 20.3 Å². The lowest BCUT2D eigenvalue weighted by Crippen LogP contribution is -2.37. The van der Waals surface area contributed by atoms with Crippen molar-refractivity contribution in [2.75, 3.05) is 25.5 Å². The number of hydrogen-bond donors (Lipinski definition) is 2. The fourth-order valence-corrected chi connectivity index (χ4v) is 2.01. The van der Waals surface area contributed by atoms with E-state index >= 15 is 0 Å². The van der Waals surface area contributed by atoms with Gasteiger partial charge >= 0.3 is 0 Å². The van der Waals surface area contributed by atoms with Gasteiger partial charge in [-0.05, 0) is 39.1 Å². The van der Waals surface area contributed by atoms with Crippen LogP contribution >= 0.6 is 11.6 Å². The number of rotatable bonds is 6. The fraction of sp³-hybridized carbons (Fsp3) is 0.500. The molecule has 0 spiro atoms. The van der Waals surface area contributed by atoms with Crippen LogP contribution in [0.3, 0.4) is 0 Å². The van der Waals surface area contributed by atoms with Gasteiger partial charge in [-0.3, -0.25) is 4.79 Å². The summed E-state index contributed by atoms with van der Waals surface area (Å²) >= 11 is 5.84. The number of anilines is 1. The van der Waals surface area contributed by atoms with Crippen molar-refractivity contribution < 1.29 is 9.90 Å². The molecule has 1 aromatic carbocycles. The van der Waals surface area contributed by atoms with E-state index in [1.807, 2.05) is 11.9 Å². The molecule has 2 N–H and O–H groups in total. The lowest BCUT2D eigenvalue weighted by molar-refractivity contribution is -0.116. The van der Waals surface area contributed by atoms with Crippen LogP contribution in [0, 0.1) is 0 Å². The zero-order valence-electron chi connectivity index (χ0n) is 11.6. The third-order valence-corrected chi connectivity index (χ3v) is 2.72. The second-order valence-corrected chi connectivity index (χ2v) is 5.80. The molecular weight excluding hydrogens is 264 g/mol. The number of benzene rings is 1. The molecule has 0 heterocycles. The summed E-state index contributed by atoms with van der Waals surface area (Å²) in [4.78, 5) is 13.7. The Hall–Kier alpha value is -1.10. The third-order valence-electron chi connectivity index (χ3n) is 2.49. The number of carbonyl (C=O) groups is 1. The predicted octanol–water partition coefficient (Wildman–Crippen LogP) is 2.37. The summed E-state index contributed by atoms with van der Waals surface area (Å²) in [6, 6.07) is 7.05. The zero-order chi connectivity index (χ0) is 14.5. The molecule has 1 amide bonds. The van der Waals surface area contributed by atoms with Crippen molar-refractivity contribution in [2.24, 2.45) is 0 Å². The van der Waals surface area contributed by atoms with Gasteiger partial charge < -0.3 is 15.3 Å². The SMILES string of the molecule is CN(CCC(=O)Nc1cccc(Cl)c1)CC(C)(C)O. The highest BCUT2D eigenvalue weighted by atomic mass is 35.5. The first-order chi connectivity index (χ1) is 8.76. The Kier molecular flexibility index (Phi) is 5.79. The Balaban J connectivity index is 2.36. The van der Waals surface area contributed by atoms with Gasteiger partial charge in [0.15, 0.2) is 0 Å². The molecule has 0 aliphatic heterocycles. The minimum atomic E-state index is -0.752. The van der Waals surface area contributed by atoms with Crippen LogP contribution in [-0.2, 0) is 4.79 Å². The molecule has 0 saturated carbocycles. The van der Waals surface area contributed by atoms with Gasteiger partial charge in [0.1, 0.15) is 0 Å². The number of halogens is 1. The third kappa shape index (κ3) is 7.15. The molecule has 5 heteroatoms. The molecule has 4 nitrogen and oxygen atoms in total. The van der Waals surface area contributed by atoms with Crippen LogP contribution in [0.4, 0.5) is 5.69 Å². The van der Waals surface area contributed by atoms with Crippen LogP contribution in [0.25, 0.3) is 0 Å². The number of nitrogens with zero attached hydrogens (tertiary/aromatic N) is 1. The smallest absolute Gasteiger partial charge is 0.225 e. The molecule has 0 atom stereocenters. The number of hydrogen-bond acceptors (Lipinski definition) is 3. The monoisotopic (exact) mass is 284 g/mol. The largest absolute Gasteiger partial charge is 0.389 e. The predicted molar refractivity (Wildman–Crippen MR) is 78.5 cm³/mol. The Morgan fingerprint density at radius 1 is 1.47 bits per heavy atom. The number of amides is 1. The van der Waals surface area contributed by atoms with Crippen molar-refractivity contribution >= 4 is 23.2 Å². The van der Waals surface area contributed by atoms with Crippen molar-refractivity contribution in [3.8, 4) is 0 Å². The first kappa shape index (κ1) is 16.0. The van der Waals surface area contributed by atoms with Gasteiger partial charge in [-0.15, -0.1) is 0 Å². The van der Waals surface area contributed by atoms with Crippen molar-refractivity contribution in [1.29, 1.82) is 0 Å². The Morgan fingerprint density at radius 2 is 2.16 bits per heavy atom. The second kappa shape index (κ2) is 6.89. The minimum Gasteiger partial charge on any atom is -0.389 e. The van der Waals surface area contributed by atoms with Crippen molar-refractivity contribution in [2.45, 2.75) is 25.9 Å². The summed E-state index contributed by atoms with van der Waals surface area (Å²) in [5, 5.41) is 13.0. The van der Waals surface area contributed by atoms with Crippen molar-refractivity contribution in [3.05, 3.63) is 29.3 Å². The lowest BCUT2D eigenvalue weighted by Gasteiger charge is -2.25. The maximum Gasteiger partial charge on any atom is 0.225 e. The summed E-state index contributed by atoms with van der Waals surface area (Å²) in [6.45, 7) is 4.61. The molecular formula is C14H21ClN2O2. The molecule has 0 fully saturated rings. The summed E-state index contributed by atoms with van der Waals surface area (Å²) in [6.07, 6.45) is 0.374. The highest BCUT2D eigenvalue weighted by Crippen LogP contribution is 2.15. The van der Waals surface area contributed by atoms with Crippen LogP contribution < -0.4 is 5.32 Å². The van der Waals surface area contributed by atoms with Crippen LogP contribution in [0.5, 0.6) is 0 Å².